The first-order valence-electron chi connectivity index (χ1n) is 8.35. The number of hydrogen-bond acceptors (Lipinski definition) is 5. The zero-order valence-electron chi connectivity index (χ0n) is 14.7. The van der Waals surface area contributed by atoms with E-state index >= 15 is 0 Å². The lowest BCUT2D eigenvalue weighted by Gasteiger charge is -2.37. The lowest BCUT2D eigenvalue weighted by atomic mass is 10.2. The fraction of sp³-hybridized carbons (Fsp3) is 0.353. The topological polar surface area (TPSA) is 53.5 Å². The van der Waals surface area contributed by atoms with E-state index in [0.29, 0.717) is 6.20 Å². The second-order valence-corrected chi connectivity index (χ2v) is 8.57. The molecule has 1 aliphatic rings. The maximum Gasteiger partial charge on any atom is 0.417 e. The van der Waals surface area contributed by atoms with E-state index in [1.807, 2.05) is 0 Å². The summed E-state index contributed by atoms with van der Waals surface area (Å²) < 4.78 is 88.1. The van der Waals surface area contributed by atoms with Crippen molar-refractivity contribution in [1.82, 2.24) is 4.98 Å². The maximum atomic E-state index is 13.0. The van der Waals surface area contributed by atoms with Crippen molar-refractivity contribution in [1.29, 1.82) is 0 Å². The number of aromatic nitrogens is 1. The predicted molar refractivity (Wildman–Crippen MR) is 98.3 cm³/mol. The molecule has 1 aromatic heterocycles. The number of sulfone groups is 1. The first kappa shape index (κ1) is 21.6. The minimum atomic E-state index is -4.78. The van der Waals surface area contributed by atoms with Crippen molar-refractivity contribution in [3.63, 3.8) is 0 Å². The number of para-hydroxylation sites is 1. The Morgan fingerprint density at radius 1 is 1.03 bits per heavy atom. The summed E-state index contributed by atoms with van der Waals surface area (Å²) >= 11 is 5.96. The Kier molecular flexibility index (Phi) is 5.91. The number of halogens is 6. The summed E-state index contributed by atoms with van der Waals surface area (Å²) in [5, 5.41) is -0.158. The summed E-state index contributed by atoms with van der Waals surface area (Å²) in [5.41, 5.74) is -0.810. The van der Waals surface area contributed by atoms with Gasteiger partial charge in [-0.25, -0.2) is 13.4 Å². The van der Waals surface area contributed by atoms with Crippen LogP contribution in [0.15, 0.2) is 41.4 Å². The number of pyridine rings is 1. The highest BCUT2D eigenvalue weighted by Crippen LogP contribution is 2.35. The first-order valence-corrected chi connectivity index (χ1v) is 10.3. The largest absolute Gasteiger partial charge is 0.417 e. The second kappa shape index (κ2) is 7.94. The van der Waals surface area contributed by atoms with E-state index in [2.05, 4.69) is 4.98 Å². The molecule has 0 aliphatic carbocycles. The van der Waals surface area contributed by atoms with Crippen LogP contribution in [0.25, 0.3) is 0 Å². The van der Waals surface area contributed by atoms with Crippen LogP contribution in [0.1, 0.15) is 5.56 Å². The Balaban J connectivity index is 1.79. The van der Waals surface area contributed by atoms with Crippen molar-refractivity contribution in [3.05, 3.63) is 47.1 Å². The molecule has 0 N–H and O–H groups in total. The molecule has 5 nitrogen and oxygen atoms in total. The Morgan fingerprint density at radius 3 is 2.17 bits per heavy atom. The third kappa shape index (κ3) is 4.40. The van der Waals surface area contributed by atoms with E-state index in [-0.39, 0.29) is 42.7 Å². The van der Waals surface area contributed by atoms with E-state index in [9.17, 15) is 30.4 Å². The molecule has 0 atom stereocenters. The molecule has 3 rings (SSSR count). The molecule has 2 aromatic rings. The number of hydrogen-bond donors (Lipinski definition) is 0. The number of alkyl halides is 5. The standard InChI is InChI=1S/C17H15ClF5N3O2S/c18-12-9-11(17(21,22)23)10-24-15(12)26-7-5-25(6-8-26)13-3-1-2-4-14(13)29(27,28)16(19)20/h1-4,9-10,16H,5-8H2. The molecule has 2 heterocycles. The molecule has 0 unspecified atom stereocenters. The van der Waals surface area contributed by atoms with Gasteiger partial charge < -0.3 is 9.80 Å². The summed E-state index contributed by atoms with van der Waals surface area (Å²) in [6, 6.07) is 6.26. The van der Waals surface area contributed by atoms with Crippen LogP contribution in [0.3, 0.4) is 0 Å². The van der Waals surface area contributed by atoms with Crippen LogP contribution in [0.5, 0.6) is 0 Å². The smallest absolute Gasteiger partial charge is 0.367 e. The lowest BCUT2D eigenvalue weighted by molar-refractivity contribution is -0.137. The fourth-order valence-electron chi connectivity index (χ4n) is 3.03. The van der Waals surface area contributed by atoms with Gasteiger partial charge in [0.1, 0.15) is 5.82 Å². The van der Waals surface area contributed by atoms with Gasteiger partial charge in [-0.2, -0.15) is 22.0 Å². The number of nitrogens with zero attached hydrogens (tertiary/aromatic N) is 3. The van der Waals surface area contributed by atoms with Crippen molar-refractivity contribution < 1.29 is 30.4 Å². The van der Waals surface area contributed by atoms with Gasteiger partial charge in [-0.15, -0.1) is 0 Å². The zero-order chi connectivity index (χ0) is 21.4. The van der Waals surface area contributed by atoms with Crippen LogP contribution in [0.4, 0.5) is 33.5 Å². The van der Waals surface area contributed by atoms with Crippen molar-refractivity contribution in [3.8, 4) is 0 Å². The number of piperazine rings is 1. The Labute approximate surface area is 168 Å². The quantitative estimate of drug-likeness (QED) is 0.650. The molecule has 1 aromatic carbocycles. The van der Waals surface area contributed by atoms with Gasteiger partial charge in [-0.1, -0.05) is 23.7 Å². The van der Waals surface area contributed by atoms with Gasteiger partial charge in [0.25, 0.3) is 0 Å². The average molecular weight is 456 g/mol. The van der Waals surface area contributed by atoms with Crippen molar-refractivity contribution >= 4 is 32.9 Å². The second-order valence-electron chi connectivity index (χ2n) is 6.27. The van der Waals surface area contributed by atoms with E-state index < -0.39 is 32.2 Å². The highest BCUT2D eigenvalue weighted by atomic mass is 35.5. The summed E-state index contributed by atoms with van der Waals surface area (Å²) in [6.07, 6.45) is -3.87. The molecule has 1 aliphatic heterocycles. The molecule has 0 radical (unpaired) electrons. The van der Waals surface area contributed by atoms with E-state index in [1.165, 1.54) is 12.1 Å². The van der Waals surface area contributed by atoms with Gasteiger partial charge in [0.05, 0.1) is 21.2 Å². The molecule has 1 saturated heterocycles. The first-order chi connectivity index (χ1) is 13.5. The molecule has 0 saturated carbocycles. The third-order valence-electron chi connectivity index (χ3n) is 4.48. The number of benzene rings is 1. The molecule has 1 fully saturated rings. The Hall–Kier alpha value is -2.14. The monoisotopic (exact) mass is 455 g/mol. The van der Waals surface area contributed by atoms with Gasteiger partial charge in [0, 0.05) is 32.4 Å². The molecular weight excluding hydrogens is 441 g/mol. The molecule has 29 heavy (non-hydrogen) atoms. The maximum absolute atomic E-state index is 13.0. The predicted octanol–water partition coefficient (Wildman–Crippen LogP) is 4.08. The number of rotatable bonds is 4. The Bertz CT molecular complexity index is 993. The summed E-state index contributed by atoms with van der Waals surface area (Å²) in [6.45, 7) is 1.02. The minimum Gasteiger partial charge on any atom is -0.367 e. The minimum absolute atomic E-state index is 0.152. The van der Waals surface area contributed by atoms with Crippen LogP contribution in [-0.4, -0.2) is 45.3 Å². The van der Waals surface area contributed by atoms with Crippen LogP contribution in [0.2, 0.25) is 5.02 Å². The highest BCUT2D eigenvalue weighted by Gasteiger charge is 2.33. The van der Waals surface area contributed by atoms with Gasteiger partial charge in [-0.05, 0) is 18.2 Å². The summed E-state index contributed by atoms with van der Waals surface area (Å²) in [4.78, 5) is 6.63. The molecule has 0 spiro atoms. The summed E-state index contributed by atoms with van der Waals surface area (Å²) in [5.74, 6) is -3.37. The fourth-order valence-corrected chi connectivity index (χ4v) is 4.27. The van der Waals surface area contributed by atoms with E-state index in [1.54, 1.807) is 15.9 Å². The molecule has 12 heteroatoms. The van der Waals surface area contributed by atoms with Crippen LogP contribution >= 0.6 is 11.6 Å². The van der Waals surface area contributed by atoms with Gasteiger partial charge in [0.2, 0.25) is 9.84 Å². The SMILES string of the molecule is O=S(=O)(c1ccccc1N1CCN(c2ncc(C(F)(F)F)cc2Cl)CC1)C(F)F. The molecular formula is C17H15ClF5N3O2S. The lowest BCUT2D eigenvalue weighted by Crippen LogP contribution is -2.47. The third-order valence-corrected chi connectivity index (χ3v) is 6.18. The Morgan fingerprint density at radius 2 is 1.62 bits per heavy atom. The van der Waals surface area contributed by atoms with Crippen molar-refractivity contribution in [2.24, 2.45) is 0 Å². The zero-order valence-corrected chi connectivity index (χ0v) is 16.3. The van der Waals surface area contributed by atoms with E-state index in [0.717, 1.165) is 12.1 Å². The van der Waals surface area contributed by atoms with Crippen LogP contribution in [0, 0.1) is 0 Å². The van der Waals surface area contributed by atoms with Crippen LogP contribution in [-0.2, 0) is 16.0 Å². The molecule has 0 bridgehead atoms. The van der Waals surface area contributed by atoms with Gasteiger partial charge in [-0.3, -0.25) is 0 Å². The van der Waals surface area contributed by atoms with Gasteiger partial charge in [0.15, 0.2) is 0 Å². The molecule has 0 amide bonds. The van der Waals surface area contributed by atoms with Crippen molar-refractivity contribution in [2.75, 3.05) is 36.0 Å². The number of anilines is 2. The van der Waals surface area contributed by atoms with Crippen LogP contribution < -0.4 is 9.80 Å². The van der Waals surface area contributed by atoms with Crippen molar-refractivity contribution in [2.45, 2.75) is 16.8 Å². The highest BCUT2D eigenvalue weighted by molar-refractivity contribution is 7.91. The summed E-state index contributed by atoms with van der Waals surface area (Å²) in [7, 11) is -4.78. The normalized spacial score (nSPS) is 15.8. The average Bonchev–Trinajstić information content (AvgIpc) is 2.67. The van der Waals surface area contributed by atoms with Gasteiger partial charge >= 0.3 is 11.9 Å². The molecule has 158 valence electrons. The van der Waals surface area contributed by atoms with E-state index in [4.69, 9.17) is 11.6 Å².